The van der Waals surface area contributed by atoms with Crippen LogP contribution in [0.15, 0.2) is 28.0 Å². The van der Waals surface area contributed by atoms with E-state index in [9.17, 15) is 22.8 Å². The van der Waals surface area contributed by atoms with Gasteiger partial charge in [0.15, 0.2) is 15.6 Å². The first-order valence-corrected chi connectivity index (χ1v) is 9.27. The van der Waals surface area contributed by atoms with Crippen LogP contribution in [-0.2, 0) is 21.1 Å². The van der Waals surface area contributed by atoms with Crippen molar-refractivity contribution < 1.29 is 22.7 Å². The van der Waals surface area contributed by atoms with E-state index in [4.69, 9.17) is 0 Å². The van der Waals surface area contributed by atoms with Gasteiger partial charge in [-0.05, 0) is 31.5 Å². The molecule has 0 aliphatic carbocycles. The number of esters is 1. The molecule has 0 aliphatic rings. The van der Waals surface area contributed by atoms with Gasteiger partial charge in [-0.2, -0.15) is 0 Å². The van der Waals surface area contributed by atoms with E-state index in [-0.39, 0.29) is 27.1 Å². The number of carbonyl (C=O) groups excluding carboxylic acids is 2. The lowest BCUT2D eigenvalue weighted by atomic mass is 9.96. The normalized spacial score (nSPS) is 11.4. The number of aromatic nitrogens is 2. The van der Waals surface area contributed by atoms with Gasteiger partial charge < -0.3 is 9.84 Å². The third-order valence-electron chi connectivity index (χ3n) is 3.86. The molecule has 0 radical (unpaired) electrons. The molecule has 2 rings (SSSR count). The lowest BCUT2D eigenvalue weighted by Gasteiger charge is -2.12. The second-order valence-corrected chi connectivity index (χ2v) is 7.42. The van der Waals surface area contributed by atoms with Crippen molar-refractivity contribution in [3.05, 3.63) is 50.9 Å². The molecule has 0 spiro atoms. The summed E-state index contributed by atoms with van der Waals surface area (Å²) >= 11 is 0. The molecule has 0 amide bonds. The third kappa shape index (κ3) is 3.27. The van der Waals surface area contributed by atoms with Crippen LogP contribution in [0.4, 0.5) is 0 Å². The number of hydrogen-bond donors (Lipinski definition) is 1. The summed E-state index contributed by atoms with van der Waals surface area (Å²) in [6.07, 6.45) is 2.25. The summed E-state index contributed by atoms with van der Waals surface area (Å²) in [5.41, 5.74) is -0.579. The van der Waals surface area contributed by atoms with Crippen LogP contribution in [-0.4, -0.2) is 43.3 Å². The Balaban J connectivity index is 2.71. The molecule has 0 fully saturated rings. The van der Waals surface area contributed by atoms with Gasteiger partial charge in [-0.3, -0.25) is 14.3 Å². The molecule has 2 aromatic rings. The number of sulfone groups is 1. The van der Waals surface area contributed by atoms with Crippen molar-refractivity contribution in [2.75, 3.05) is 13.4 Å². The molecule has 1 N–H and O–H groups in total. The molecular formula is C16H18N2O6S. The zero-order valence-corrected chi connectivity index (χ0v) is 15.1. The molecule has 0 unspecified atom stereocenters. The van der Waals surface area contributed by atoms with Crippen molar-refractivity contribution in [2.24, 2.45) is 0 Å². The van der Waals surface area contributed by atoms with Crippen molar-refractivity contribution in [2.45, 2.75) is 25.3 Å². The van der Waals surface area contributed by atoms with E-state index in [2.05, 4.69) is 9.84 Å². The minimum atomic E-state index is -3.71. The number of ether oxygens (including phenoxy) is 1. The predicted molar refractivity (Wildman–Crippen MR) is 89.8 cm³/mol. The quantitative estimate of drug-likeness (QED) is 0.622. The maximum absolute atomic E-state index is 12.7. The summed E-state index contributed by atoms with van der Waals surface area (Å²) in [5, 5.41) is 2.67. The van der Waals surface area contributed by atoms with Gasteiger partial charge in [-0.1, -0.05) is 0 Å². The smallest absolute Gasteiger partial charge is 0.339 e. The number of nitrogens with zero attached hydrogens (tertiary/aromatic N) is 1. The van der Waals surface area contributed by atoms with E-state index in [1.54, 1.807) is 6.92 Å². The Kier molecular flexibility index (Phi) is 4.98. The fourth-order valence-electron chi connectivity index (χ4n) is 2.55. The highest BCUT2D eigenvalue weighted by atomic mass is 32.2. The highest BCUT2D eigenvalue weighted by Gasteiger charge is 2.27. The van der Waals surface area contributed by atoms with Crippen LogP contribution in [0.3, 0.4) is 0 Å². The average molecular weight is 366 g/mol. The molecule has 0 saturated heterocycles. The van der Waals surface area contributed by atoms with Gasteiger partial charge >= 0.3 is 5.97 Å². The maximum atomic E-state index is 12.7. The SMILES string of the molecule is CCn1[nH]cc(C(=O)c2ccc(S(C)(=O)=O)c(C(=O)OC)c2C)c1=O. The lowest BCUT2D eigenvalue weighted by Crippen LogP contribution is -2.22. The van der Waals surface area contributed by atoms with Gasteiger partial charge in [0.25, 0.3) is 5.56 Å². The molecule has 0 aliphatic heterocycles. The number of aromatic amines is 1. The van der Waals surface area contributed by atoms with E-state index in [1.165, 1.54) is 29.9 Å². The topological polar surface area (TPSA) is 115 Å². The summed E-state index contributed by atoms with van der Waals surface area (Å²) in [6.45, 7) is 3.55. The molecule has 0 bridgehead atoms. The first kappa shape index (κ1) is 18.7. The highest BCUT2D eigenvalue weighted by Crippen LogP contribution is 2.25. The Labute approximate surface area is 144 Å². The number of rotatable bonds is 5. The van der Waals surface area contributed by atoms with Crippen molar-refractivity contribution >= 4 is 21.6 Å². The number of ketones is 1. The van der Waals surface area contributed by atoms with Gasteiger partial charge in [-0.15, -0.1) is 0 Å². The summed E-state index contributed by atoms with van der Waals surface area (Å²) in [5.74, 6) is -1.47. The Morgan fingerprint density at radius 2 is 1.88 bits per heavy atom. The van der Waals surface area contributed by atoms with Gasteiger partial charge in [0.2, 0.25) is 0 Å². The Morgan fingerprint density at radius 3 is 2.36 bits per heavy atom. The van der Waals surface area contributed by atoms with Gasteiger partial charge in [-0.25, -0.2) is 13.2 Å². The van der Waals surface area contributed by atoms with Crippen molar-refractivity contribution in [3.63, 3.8) is 0 Å². The van der Waals surface area contributed by atoms with Gasteiger partial charge in [0, 0.05) is 24.6 Å². The largest absolute Gasteiger partial charge is 0.465 e. The Bertz CT molecular complexity index is 1010. The number of carbonyl (C=O) groups is 2. The van der Waals surface area contributed by atoms with Crippen LogP contribution in [0.25, 0.3) is 0 Å². The van der Waals surface area contributed by atoms with Crippen molar-refractivity contribution in [3.8, 4) is 0 Å². The summed E-state index contributed by atoms with van der Waals surface area (Å²) < 4.78 is 29.8. The van der Waals surface area contributed by atoms with Gasteiger partial charge in [0.1, 0.15) is 5.56 Å². The number of hydrogen-bond acceptors (Lipinski definition) is 6. The number of H-pyrrole nitrogens is 1. The molecule has 1 aromatic heterocycles. The van der Waals surface area contributed by atoms with Crippen molar-refractivity contribution in [1.82, 2.24) is 9.78 Å². The molecule has 9 heteroatoms. The first-order valence-electron chi connectivity index (χ1n) is 7.38. The van der Waals surface area contributed by atoms with Crippen LogP contribution >= 0.6 is 0 Å². The van der Waals surface area contributed by atoms with E-state index < -0.39 is 27.1 Å². The fourth-order valence-corrected chi connectivity index (χ4v) is 3.47. The van der Waals surface area contributed by atoms with E-state index in [0.29, 0.717) is 6.54 Å². The number of methoxy groups -OCH3 is 1. The van der Waals surface area contributed by atoms with Crippen LogP contribution in [0.1, 0.15) is 38.8 Å². The zero-order valence-electron chi connectivity index (χ0n) is 14.2. The van der Waals surface area contributed by atoms with E-state index in [0.717, 1.165) is 13.4 Å². The molecule has 1 aromatic carbocycles. The maximum Gasteiger partial charge on any atom is 0.339 e. The van der Waals surface area contributed by atoms with Crippen molar-refractivity contribution in [1.29, 1.82) is 0 Å². The highest BCUT2D eigenvalue weighted by molar-refractivity contribution is 7.90. The second kappa shape index (κ2) is 6.67. The van der Waals surface area contributed by atoms with E-state index in [1.807, 2.05) is 0 Å². The monoisotopic (exact) mass is 366 g/mol. The van der Waals surface area contributed by atoms with E-state index >= 15 is 0 Å². The number of nitrogens with one attached hydrogen (secondary N) is 1. The van der Waals surface area contributed by atoms with Crippen LogP contribution < -0.4 is 5.56 Å². The summed E-state index contributed by atoms with van der Waals surface area (Å²) in [4.78, 5) is 36.7. The average Bonchev–Trinajstić information content (AvgIpc) is 2.93. The minimum absolute atomic E-state index is 0.0622. The molecule has 25 heavy (non-hydrogen) atoms. The lowest BCUT2D eigenvalue weighted by molar-refractivity contribution is 0.0595. The zero-order chi connectivity index (χ0) is 18.9. The molecule has 1 heterocycles. The van der Waals surface area contributed by atoms with Crippen LogP contribution in [0.5, 0.6) is 0 Å². The van der Waals surface area contributed by atoms with Crippen LogP contribution in [0, 0.1) is 6.92 Å². The Morgan fingerprint density at radius 1 is 1.24 bits per heavy atom. The van der Waals surface area contributed by atoms with Crippen LogP contribution in [0.2, 0.25) is 0 Å². The summed E-state index contributed by atoms with van der Waals surface area (Å²) in [7, 11) is -2.59. The van der Waals surface area contributed by atoms with Gasteiger partial charge in [0.05, 0.1) is 17.6 Å². The first-order chi connectivity index (χ1) is 11.6. The number of benzene rings is 1. The minimum Gasteiger partial charge on any atom is -0.465 e. The summed E-state index contributed by atoms with van der Waals surface area (Å²) in [6, 6.07) is 2.47. The molecular weight excluding hydrogens is 348 g/mol. The molecule has 8 nitrogen and oxygen atoms in total. The number of aryl methyl sites for hydroxylation is 1. The third-order valence-corrected chi connectivity index (χ3v) is 5.00. The molecule has 0 atom stereocenters. The molecule has 0 saturated carbocycles. The standard InChI is InChI=1S/C16H18N2O6S/c1-5-18-15(20)11(8-17-18)14(19)10-6-7-12(25(4,22)23)13(9(10)2)16(21)24-3/h6-8,17H,5H2,1-4H3. The predicted octanol–water partition coefficient (Wildman–Crippen LogP) is 0.926. The fraction of sp³-hybridized carbons (Fsp3) is 0.312. The Hall–Kier alpha value is -2.68. The molecule has 134 valence electrons. The second-order valence-electron chi connectivity index (χ2n) is 5.44.